The molecule has 2 heterocycles. The number of hydrogen-bond donors (Lipinski definition) is 0. The molecule has 0 radical (unpaired) electrons. The van der Waals surface area contributed by atoms with Crippen molar-refractivity contribution in [3.8, 4) is 0 Å². The first-order valence-corrected chi connectivity index (χ1v) is 11.3. The zero-order valence-corrected chi connectivity index (χ0v) is 14.3. The van der Waals surface area contributed by atoms with Crippen LogP contribution in [0.2, 0.25) is 19.6 Å². The van der Waals surface area contributed by atoms with Gasteiger partial charge in [0.05, 0.1) is 0 Å². The van der Waals surface area contributed by atoms with Gasteiger partial charge < -0.3 is 0 Å². The Morgan fingerprint density at radius 2 is 1.82 bits per heavy atom. The van der Waals surface area contributed by atoms with Crippen LogP contribution in [0.1, 0.15) is 26.3 Å². The Kier molecular flexibility index (Phi) is 3.14. The average molecular weight is 310 g/mol. The molecule has 0 fully saturated rings. The van der Waals surface area contributed by atoms with Crippen molar-refractivity contribution in [2.75, 3.05) is 0 Å². The second-order valence-corrected chi connectivity index (χ2v) is 14.7. The third-order valence-electron chi connectivity index (χ3n) is 2.98. The van der Waals surface area contributed by atoms with Gasteiger partial charge in [-0.05, 0) is 0 Å². The summed E-state index contributed by atoms with van der Waals surface area (Å²) in [5.41, 5.74) is 1.67. The molecule has 0 amide bonds. The summed E-state index contributed by atoms with van der Waals surface area (Å²) in [7, 11) is -1.16. The van der Waals surface area contributed by atoms with Crippen LogP contribution in [0, 0.1) is 0 Å². The van der Waals surface area contributed by atoms with E-state index >= 15 is 0 Å². The molecule has 0 aliphatic heterocycles. The number of hydrogen-bond acceptors (Lipinski definition) is 1. The van der Waals surface area contributed by atoms with E-state index in [-0.39, 0.29) is 5.41 Å². The van der Waals surface area contributed by atoms with Gasteiger partial charge in [-0.3, -0.25) is 0 Å². The van der Waals surface area contributed by atoms with Gasteiger partial charge in [0, 0.05) is 0 Å². The fraction of sp³-hybridized carbons (Fsp3) is 0.500. The third-order valence-corrected chi connectivity index (χ3v) is 10.8. The summed E-state index contributed by atoms with van der Waals surface area (Å²) in [6.45, 7) is 14.2. The summed E-state index contributed by atoms with van der Waals surface area (Å²) in [6, 6.07) is 4.65. The van der Waals surface area contributed by atoms with E-state index in [9.17, 15) is 0 Å². The minimum absolute atomic E-state index is 0.217. The second kappa shape index (κ2) is 4.08. The van der Waals surface area contributed by atoms with E-state index in [1.807, 2.05) is 6.20 Å². The quantitative estimate of drug-likeness (QED) is 0.738. The molecule has 0 spiro atoms. The summed E-state index contributed by atoms with van der Waals surface area (Å²) >= 11 is 0.473. The molecule has 92 valence electrons. The maximum absolute atomic E-state index is 4.60. The van der Waals surface area contributed by atoms with Crippen molar-refractivity contribution >= 4 is 36.4 Å². The first kappa shape index (κ1) is 13.1. The number of pyridine rings is 1. The molecule has 0 bridgehead atoms. The molecule has 2 aromatic heterocycles. The second-order valence-electron chi connectivity index (χ2n) is 6.69. The molecule has 0 N–H and O–H groups in total. The van der Waals surface area contributed by atoms with Crippen molar-refractivity contribution in [1.82, 2.24) is 4.98 Å². The van der Waals surface area contributed by atoms with Crippen LogP contribution in [0.3, 0.4) is 0 Å². The Labute approximate surface area is 111 Å². The van der Waals surface area contributed by atoms with Gasteiger partial charge in [-0.1, -0.05) is 0 Å². The predicted molar refractivity (Wildman–Crippen MR) is 80.4 cm³/mol. The fourth-order valence-electron chi connectivity index (χ4n) is 1.96. The molecule has 0 saturated carbocycles. The van der Waals surface area contributed by atoms with Crippen LogP contribution in [0.5, 0.6) is 0 Å². The standard InChI is InChI=1S/C14H21NSeSi/c1-14(2,3)11-7-8-15-13-10(11)9-12(16-13)17(4,5)6/h7-9H,1-6H3. The molecular formula is C14H21NSeSi. The van der Waals surface area contributed by atoms with E-state index in [2.05, 4.69) is 57.5 Å². The zero-order valence-electron chi connectivity index (χ0n) is 11.6. The molecular weight excluding hydrogens is 289 g/mol. The van der Waals surface area contributed by atoms with Crippen molar-refractivity contribution in [3.05, 3.63) is 23.9 Å². The number of rotatable bonds is 1. The molecule has 2 rings (SSSR count). The molecule has 0 aliphatic rings. The van der Waals surface area contributed by atoms with Gasteiger partial charge in [-0.15, -0.1) is 0 Å². The average Bonchev–Trinajstić information content (AvgIpc) is 2.57. The van der Waals surface area contributed by atoms with E-state index in [1.54, 1.807) is 4.06 Å². The third kappa shape index (κ3) is 2.57. The molecule has 0 saturated heterocycles. The van der Waals surface area contributed by atoms with Crippen molar-refractivity contribution in [2.24, 2.45) is 0 Å². The van der Waals surface area contributed by atoms with Gasteiger partial charge in [0.25, 0.3) is 0 Å². The van der Waals surface area contributed by atoms with Crippen LogP contribution < -0.4 is 4.06 Å². The van der Waals surface area contributed by atoms with Crippen LogP contribution >= 0.6 is 0 Å². The van der Waals surface area contributed by atoms with Gasteiger partial charge in [0.2, 0.25) is 0 Å². The topological polar surface area (TPSA) is 12.9 Å². The van der Waals surface area contributed by atoms with Crippen molar-refractivity contribution in [2.45, 2.75) is 45.8 Å². The Morgan fingerprint density at radius 3 is 2.35 bits per heavy atom. The van der Waals surface area contributed by atoms with E-state index in [0.717, 1.165) is 0 Å². The Balaban J connectivity index is 2.70. The molecule has 0 aliphatic carbocycles. The number of fused-ring (bicyclic) bond motifs is 1. The molecule has 3 heteroatoms. The number of aromatic nitrogens is 1. The predicted octanol–water partition coefficient (Wildman–Crippen LogP) is 3.13. The summed E-state index contributed by atoms with van der Waals surface area (Å²) in [6.07, 6.45) is 1.99. The first-order valence-electron chi connectivity index (χ1n) is 6.09. The zero-order chi connectivity index (χ0) is 12.8. The van der Waals surface area contributed by atoms with Crippen LogP contribution in [-0.2, 0) is 5.41 Å². The van der Waals surface area contributed by atoms with Crippen LogP contribution in [0.15, 0.2) is 18.3 Å². The van der Waals surface area contributed by atoms with Gasteiger partial charge in [0.15, 0.2) is 0 Å². The van der Waals surface area contributed by atoms with Crippen molar-refractivity contribution in [3.63, 3.8) is 0 Å². The normalized spacial score (nSPS) is 13.3. The van der Waals surface area contributed by atoms with Crippen molar-refractivity contribution < 1.29 is 0 Å². The van der Waals surface area contributed by atoms with Crippen LogP contribution in [0.25, 0.3) is 9.78 Å². The van der Waals surface area contributed by atoms with E-state index in [4.69, 9.17) is 0 Å². The molecule has 2 aromatic rings. The monoisotopic (exact) mass is 311 g/mol. The first-order chi connectivity index (χ1) is 7.69. The SMILES string of the molecule is CC(C)(C)c1ccnc2[se]c([Si](C)(C)C)cc12. The summed E-state index contributed by atoms with van der Waals surface area (Å²) in [5, 5.41) is 1.43. The Morgan fingerprint density at radius 1 is 1.18 bits per heavy atom. The summed E-state index contributed by atoms with van der Waals surface area (Å²) in [5.74, 6) is 0. The van der Waals surface area contributed by atoms with Gasteiger partial charge in [-0.2, -0.15) is 0 Å². The minimum atomic E-state index is -1.16. The van der Waals surface area contributed by atoms with Crippen LogP contribution in [0.4, 0.5) is 0 Å². The number of nitrogens with zero attached hydrogens (tertiary/aromatic N) is 1. The van der Waals surface area contributed by atoms with Gasteiger partial charge >= 0.3 is 111 Å². The molecule has 17 heavy (non-hydrogen) atoms. The van der Waals surface area contributed by atoms with E-state index in [1.165, 1.54) is 15.3 Å². The summed E-state index contributed by atoms with van der Waals surface area (Å²) in [4.78, 5) is 4.60. The van der Waals surface area contributed by atoms with E-state index in [0.29, 0.717) is 14.5 Å². The molecule has 1 nitrogen and oxygen atoms in total. The van der Waals surface area contributed by atoms with Gasteiger partial charge in [-0.25, -0.2) is 0 Å². The maximum atomic E-state index is 4.60. The fourth-order valence-corrected chi connectivity index (χ4v) is 6.91. The molecule has 0 atom stereocenters. The van der Waals surface area contributed by atoms with E-state index < -0.39 is 8.07 Å². The molecule has 0 unspecified atom stereocenters. The van der Waals surface area contributed by atoms with Crippen LogP contribution in [-0.4, -0.2) is 27.6 Å². The summed E-state index contributed by atoms with van der Waals surface area (Å²) < 4.78 is 3.05. The Bertz CT molecular complexity index is 543. The van der Waals surface area contributed by atoms with Gasteiger partial charge in [0.1, 0.15) is 0 Å². The molecule has 0 aromatic carbocycles. The Hall–Kier alpha value is -0.374. The van der Waals surface area contributed by atoms with Crippen molar-refractivity contribution in [1.29, 1.82) is 0 Å².